The second-order valence-electron chi connectivity index (χ2n) is 2.60. The molecule has 3 nitrogen and oxygen atoms in total. The number of thiophene rings is 1. The molecule has 0 amide bonds. The van der Waals surface area contributed by atoms with E-state index >= 15 is 0 Å². The van der Waals surface area contributed by atoms with E-state index in [4.69, 9.17) is 4.74 Å². The average molecular weight is 278 g/mol. The Hall–Kier alpha value is -0.390. The van der Waals surface area contributed by atoms with Crippen molar-refractivity contribution in [3.05, 3.63) is 20.8 Å². The molecule has 0 saturated carbocycles. The topological polar surface area (TPSA) is 38.3 Å². The van der Waals surface area contributed by atoms with Crippen molar-refractivity contribution in [1.29, 1.82) is 0 Å². The molecule has 0 fully saturated rings. The third kappa shape index (κ3) is 3.77. The quantitative estimate of drug-likeness (QED) is 0.839. The predicted molar refractivity (Wildman–Crippen MR) is 60.4 cm³/mol. The standard InChI is InChI=1S/C9H12BrNO2S/c1-2-13-9(12)6-11-5-8-7(10)3-4-14-8/h3-4,11H,2,5-6H2,1H3. The van der Waals surface area contributed by atoms with Crippen molar-refractivity contribution < 1.29 is 9.53 Å². The molecule has 0 atom stereocenters. The van der Waals surface area contributed by atoms with Crippen molar-refractivity contribution in [2.75, 3.05) is 13.2 Å². The molecule has 0 aliphatic carbocycles. The zero-order chi connectivity index (χ0) is 10.4. The van der Waals surface area contributed by atoms with Crippen LogP contribution in [-0.2, 0) is 16.1 Å². The second kappa shape index (κ2) is 6.16. The fourth-order valence-electron chi connectivity index (χ4n) is 0.941. The van der Waals surface area contributed by atoms with E-state index in [9.17, 15) is 4.79 Å². The fraction of sp³-hybridized carbons (Fsp3) is 0.444. The lowest BCUT2D eigenvalue weighted by atomic mass is 10.4. The van der Waals surface area contributed by atoms with Gasteiger partial charge in [-0.25, -0.2) is 0 Å². The number of halogens is 1. The van der Waals surface area contributed by atoms with E-state index in [2.05, 4.69) is 21.2 Å². The molecule has 0 unspecified atom stereocenters. The van der Waals surface area contributed by atoms with Crippen molar-refractivity contribution in [2.24, 2.45) is 0 Å². The smallest absolute Gasteiger partial charge is 0.319 e. The van der Waals surface area contributed by atoms with Gasteiger partial charge < -0.3 is 10.1 Å². The third-order valence-corrected chi connectivity index (χ3v) is 3.48. The number of esters is 1. The van der Waals surface area contributed by atoms with Gasteiger partial charge in [-0.15, -0.1) is 11.3 Å². The molecule has 0 saturated heterocycles. The molecule has 1 rings (SSSR count). The van der Waals surface area contributed by atoms with Gasteiger partial charge in [-0.3, -0.25) is 4.79 Å². The molecule has 14 heavy (non-hydrogen) atoms. The molecule has 1 heterocycles. The Kier molecular flexibility index (Phi) is 5.14. The van der Waals surface area contributed by atoms with Crippen LogP contribution in [0.4, 0.5) is 0 Å². The van der Waals surface area contributed by atoms with Crippen molar-refractivity contribution in [1.82, 2.24) is 5.32 Å². The van der Waals surface area contributed by atoms with Crippen LogP contribution in [-0.4, -0.2) is 19.1 Å². The van der Waals surface area contributed by atoms with E-state index in [1.807, 2.05) is 11.4 Å². The largest absolute Gasteiger partial charge is 0.465 e. The van der Waals surface area contributed by atoms with E-state index in [0.717, 1.165) is 4.47 Å². The Labute approximate surface area is 95.6 Å². The first kappa shape index (κ1) is 11.7. The first-order valence-electron chi connectivity index (χ1n) is 4.32. The van der Waals surface area contributed by atoms with Gasteiger partial charge in [0.2, 0.25) is 0 Å². The third-order valence-electron chi connectivity index (χ3n) is 1.55. The molecule has 5 heteroatoms. The summed E-state index contributed by atoms with van der Waals surface area (Å²) in [6, 6.07) is 1.99. The summed E-state index contributed by atoms with van der Waals surface area (Å²) in [6.45, 7) is 3.19. The summed E-state index contributed by atoms with van der Waals surface area (Å²) < 4.78 is 5.86. The molecule has 0 bridgehead atoms. The summed E-state index contributed by atoms with van der Waals surface area (Å²) in [5, 5.41) is 5.02. The van der Waals surface area contributed by atoms with Crippen LogP contribution < -0.4 is 5.32 Å². The summed E-state index contributed by atoms with van der Waals surface area (Å²) in [4.78, 5) is 12.2. The zero-order valence-electron chi connectivity index (χ0n) is 7.88. The number of hydrogen-bond acceptors (Lipinski definition) is 4. The van der Waals surface area contributed by atoms with Crippen LogP contribution in [0.3, 0.4) is 0 Å². The van der Waals surface area contributed by atoms with Gasteiger partial charge in [-0.1, -0.05) is 0 Å². The fourth-order valence-corrected chi connectivity index (χ4v) is 2.40. The van der Waals surface area contributed by atoms with Crippen LogP contribution in [0.15, 0.2) is 15.9 Å². The molecule has 0 aliphatic heterocycles. The molecule has 0 radical (unpaired) electrons. The van der Waals surface area contributed by atoms with Gasteiger partial charge in [0.1, 0.15) is 0 Å². The molecule has 0 aromatic carbocycles. The van der Waals surface area contributed by atoms with Crippen molar-refractivity contribution >= 4 is 33.2 Å². The average Bonchev–Trinajstić information content (AvgIpc) is 2.52. The molecule has 1 aromatic rings. The maximum Gasteiger partial charge on any atom is 0.319 e. The number of hydrogen-bond donors (Lipinski definition) is 1. The first-order valence-corrected chi connectivity index (χ1v) is 5.99. The normalized spacial score (nSPS) is 10.1. The van der Waals surface area contributed by atoms with Gasteiger partial charge in [-0.2, -0.15) is 0 Å². The SMILES string of the molecule is CCOC(=O)CNCc1sccc1Br. The minimum atomic E-state index is -0.208. The molecule has 78 valence electrons. The second-order valence-corrected chi connectivity index (χ2v) is 4.46. The van der Waals surface area contributed by atoms with E-state index in [1.54, 1.807) is 18.3 Å². The number of nitrogens with one attached hydrogen (secondary N) is 1. The highest BCUT2D eigenvalue weighted by Gasteiger charge is 2.03. The summed E-state index contributed by atoms with van der Waals surface area (Å²) in [6.07, 6.45) is 0. The number of carbonyl (C=O) groups excluding carboxylic acids is 1. The highest BCUT2D eigenvalue weighted by atomic mass is 79.9. The zero-order valence-corrected chi connectivity index (χ0v) is 10.3. The maximum absolute atomic E-state index is 11.0. The van der Waals surface area contributed by atoms with Gasteiger partial charge in [0.25, 0.3) is 0 Å². The monoisotopic (exact) mass is 277 g/mol. The minimum Gasteiger partial charge on any atom is -0.465 e. The van der Waals surface area contributed by atoms with E-state index < -0.39 is 0 Å². The van der Waals surface area contributed by atoms with Gasteiger partial charge in [0.15, 0.2) is 0 Å². The minimum absolute atomic E-state index is 0.208. The van der Waals surface area contributed by atoms with Crippen LogP contribution in [0.1, 0.15) is 11.8 Å². The van der Waals surface area contributed by atoms with E-state index in [1.165, 1.54) is 4.88 Å². The van der Waals surface area contributed by atoms with Crippen LogP contribution in [0, 0.1) is 0 Å². The molecule has 1 aromatic heterocycles. The molecular formula is C9H12BrNO2S. The number of carbonyl (C=O) groups is 1. The van der Waals surface area contributed by atoms with Gasteiger partial charge in [-0.05, 0) is 34.3 Å². The van der Waals surface area contributed by atoms with Crippen molar-refractivity contribution in [3.8, 4) is 0 Å². The molecular weight excluding hydrogens is 266 g/mol. The Morgan fingerprint density at radius 1 is 1.71 bits per heavy atom. The van der Waals surface area contributed by atoms with E-state index in [0.29, 0.717) is 13.2 Å². The Bertz CT molecular complexity index is 301. The van der Waals surface area contributed by atoms with Gasteiger partial charge >= 0.3 is 5.97 Å². The first-order chi connectivity index (χ1) is 6.74. The highest BCUT2D eigenvalue weighted by molar-refractivity contribution is 9.10. The lowest BCUT2D eigenvalue weighted by Gasteiger charge is -2.03. The lowest BCUT2D eigenvalue weighted by molar-refractivity contribution is -0.142. The van der Waals surface area contributed by atoms with Crippen LogP contribution in [0.25, 0.3) is 0 Å². The number of rotatable bonds is 5. The summed E-state index contributed by atoms with van der Waals surface area (Å²) in [5.74, 6) is -0.208. The van der Waals surface area contributed by atoms with Gasteiger partial charge in [0, 0.05) is 15.9 Å². The maximum atomic E-state index is 11.0. The highest BCUT2D eigenvalue weighted by Crippen LogP contribution is 2.21. The van der Waals surface area contributed by atoms with Crippen molar-refractivity contribution in [2.45, 2.75) is 13.5 Å². The van der Waals surface area contributed by atoms with E-state index in [-0.39, 0.29) is 12.5 Å². The summed E-state index contributed by atoms with van der Waals surface area (Å²) in [7, 11) is 0. The molecule has 1 N–H and O–H groups in total. The Morgan fingerprint density at radius 3 is 3.07 bits per heavy atom. The predicted octanol–water partition coefficient (Wildman–Crippen LogP) is 2.16. The Balaban J connectivity index is 2.22. The Morgan fingerprint density at radius 2 is 2.50 bits per heavy atom. The summed E-state index contributed by atoms with van der Waals surface area (Å²) in [5.41, 5.74) is 0. The van der Waals surface area contributed by atoms with Gasteiger partial charge in [0.05, 0.1) is 13.2 Å². The van der Waals surface area contributed by atoms with Crippen LogP contribution in [0.2, 0.25) is 0 Å². The van der Waals surface area contributed by atoms with Crippen molar-refractivity contribution in [3.63, 3.8) is 0 Å². The summed E-state index contributed by atoms with van der Waals surface area (Å²) >= 11 is 5.07. The molecule has 0 spiro atoms. The number of ether oxygens (including phenoxy) is 1. The van der Waals surface area contributed by atoms with Crippen LogP contribution >= 0.6 is 27.3 Å². The lowest BCUT2D eigenvalue weighted by Crippen LogP contribution is -2.24. The molecule has 0 aliphatic rings. The van der Waals surface area contributed by atoms with Crippen LogP contribution in [0.5, 0.6) is 0 Å².